The number of benzene rings is 1. The van der Waals surface area contributed by atoms with Crippen LogP contribution in [-0.2, 0) is 10.5 Å². The Hall–Kier alpha value is -1.53. The number of aromatic nitrogens is 2. The number of hydrogen-bond acceptors (Lipinski definition) is 3. The van der Waals surface area contributed by atoms with Gasteiger partial charge in [-0.2, -0.15) is 0 Å². The van der Waals surface area contributed by atoms with Gasteiger partial charge in [0.15, 0.2) is 5.15 Å². The molecule has 7 heteroatoms. The van der Waals surface area contributed by atoms with Gasteiger partial charge in [0, 0.05) is 11.4 Å². The summed E-state index contributed by atoms with van der Waals surface area (Å²) in [5.41, 5.74) is 1.42. The van der Waals surface area contributed by atoms with Crippen LogP contribution in [0, 0.1) is 5.82 Å². The van der Waals surface area contributed by atoms with Crippen LogP contribution in [0.4, 0.5) is 4.39 Å². The monoisotopic (exact) mass is 300 g/mol. The van der Waals surface area contributed by atoms with Crippen molar-refractivity contribution in [2.24, 2.45) is 0 Å². The molecule has 1 aromatic carbocycles. The fourth-order valence-corrected chi connectivity index (χ4v) is 2.57. The van der Waals surface area contributed by atoms with E-state index in [1.165, 1.54) is 30.2 Å². The number of halogens is 2. The summed E-state index contributed by atoms with van der Waals surface area (Å²) >= 11 is 7.20. The molecular formula is C12H10ClFN2O2S. The molecule has 19 heavy (non-hydrogen) atoms. The van der Waals surface area contributed by atoms with Gasteiger partial charge in [0.2, 0.25) is 0 Å². The van der Waals surface area contributed by atoms with Crippen molar-refractivity contribution in [2.75, 3.05) is 5.75 Å². The van der Waals surface area contributed by atoms with Crippen LogP contribution in [0.2, 0.25) is 5.15 Å². The average Bonchev–Trinajstić information content (AvgIpc) is 2.72. The Kier molecular flexibility index (Phi) is 4.44. The Morgan fingerprint density at radius 3 is 2.74 bits per heavy atom. The van der Waals surface area contributed by atoms with Gasteiger partial charge in [-0.15, -0.1) is 11.8 Å². The summed E-state index contributed by atoms with van der Waals surface area (Å²) in [6.45, 7) is 0. The summed E-state index contributed by atoms with van der Waals surface area (Å²) < 4.78 is 14.6. The third-order valence-corrected chi connectivity index (χ3v) is 3.63. The molecule has 2 rings (SSSR count). The van der Waals surface area contributed by atoms with Gasteiger partial charge in [-0.25, -0.2) is 9.37 Å². The number of thioether (sulfide) groups is 1. The molecular weight excluding hydrogens is 291 g/mol. The van der Waals surface area contributed by atoms with E-state index in [-0.39, 0.29) is 11.6 Å². The first kappa shape index (κ1) is 13.9. The normalized spacial score (nSPS) is 10.6. The highest BCUT2D eigenvalue weighted by Crippen LogP contribution is 2.23. The minimum Gasteiger partial charge on any atom is -0.481 e. The molecule has 100 valence electrons. The molecule has 0 fully saturated rings. The lowest BCUT2D eigenvalue weighted by molar-refractivity contribution is -0.133. The third kappa shape index (κ3) is 3.48. The van der Waals surface area contributed by atoms with Crippen molar-refractivity contribution in [2.45, 2.75) is 5.75 Å². The van der Waals surface area contributed by atoms with E-state index in [1.54, 1.807) is 16.7 Å². The van der Waals surface area contributed by atoms with Crippen molar-refractivity contribution in [1.29, 1.82) is 0 Å². The summed E-state index contributed by atoms with van der Waals surface area (Å²) in [7, 11) is 0. The van der Waals surface area contributed by atoms with E-state index >= 15 is 0 Å². The second-order valence-electron chi connectivity index (χ2n) is 3.72. The molecule has 0 atom stereocenters. The van der Waals surface area contributed by atoms with Gasteiger partial charge in [0.25, 0.3) is 0 Å². The van der Waals surface area contributed by atoms with Crippen LogP contribution in [0.1, 0.15) is 5.69 Å². The van der Waals surface area contributed by atoms with Gasteiger partial charge in [-0.3, -0.25) is 4.79 Å². The minimum atomic E-state index is -0.881. The molecule has 0 aliphatic rings. The first-order valence-electron chi connectivity index (χ1n) is 5.35. The Bertz CT molecular complexity index is 586. The maximum atomic E-state index is 12.9. The lowest BCUT2D eigenvalue weighted by Gasteiger charge is -2.07. The van der Waals surface area contributed by atoms with E-state index in [0.717, 1.165) is 5.69 Å². The zero-order chi connectivity index (χ0) is 13.8. The van der Waals surface area contributed by atoms with Crippen molar-refractivity contribution in [3.8, 4) is 5.69 Å². The summed E-state index contributed by atoms with van der Waals surface area (Å²) in [6.07, 6.45) is 1.53. The zero-order valence-corrected chi connectivity index (χ0v) is 11.3. The standard InChI is InChI=1S/C12H10ClFN2O2S/c13-12-10(5-19-6-11(17)18)16(7-15-12)9-3-1-8(14)2-4-9/h1-4,7H,5-6H2,(H,17,18). The molecule has 0 saturated heterocycles. The van der Waals surface area contributed by atoms with Gasteiger partial charge in [0.05, 0.1) is 11.4 Å². The Balaban J connectivity index is 2.21. The fraction of sp³-hybridized carbons (Fsp3) is 0.167. The van der Waals surface area contributed by atoms with Crippen LogP contribution in [0.25, 0.3) is 5.69 Å². The van der Waals surface area contributed by atoms with Crippen LogP contribution < -0.4 is 0 Å². The van der Waals surface area contributed by atoms with E-state index in [4.69, 9.17) is 16.7 Å². The van der Waals surface area contributed by atoms with E-state index in [9.17, 15) is 9.18 Å². The molecule has 0 spiro atoms. The quantitative estimate of drug-likeness (QED) is 0.922. The average molecular weight is 301 g/mol. The molecule has 4 nitrogen and oxygen atoms in total. The minimum absolute atomic E-state index is 0.00900. The SMILES string of the molecule is O=C(O)CSCc1c(Cl)ncn1-c1ccc(F)cc1. The van der Waals surface area contributed by atoms with Crippen LogP contribution in [0.5, 0.6) is 0 Å². The Labute approximate surface area is 118 Å². The fourth-order valence-electron chi connectivity index (χ4n) is 1.54. The molecule has 0 amide bonds. The summed E-state index contributed by atoms with van der Waals surface area (Å²) in [5.74, 6) is -0.793. The van der Waals surface area contributed by atoms with Gasteiger partial charge >= 0.3 is 5.97 Å². The maximum Gasteiger partial charge on any atom is 0.313 e. The number of carbonyl (C=O) groups is 1. The largest absolute Gasteiger partial charge is 0.481 e. The number of rotatable bonds is 5. The van der Waals surface area contributed by atoms with Gasteiger partial charge in [-0.1, -0.05) is 11.6 Å². The van der Waals surface area contributed by atoms with Crippen molar-refractivity contribution in [1.82, 2.24) is 9.55 Å². The molecule has 2 aromatic rings. The molecule has 0 radical (unpaired) electrons. The summed E-state index contributed by atoms with van der Waals surface area (Å²) in [6, 6.07) is 5.91. The van der Waals surface area contributed by atoms with E-state index in [2.05, 4.69) is 4.98 Å². The topological polar surface area (TPSA) is 55.1 Å². The predicted molar refractivity (Wildman–Crippen MR) is 72.3 cm³/mol. The van der Waals surface area contributed by atoms with Gasteiger partial charge < -0.3 is 9.67 Å². The lowest BCUT2D eigenvalue weighted by atomic mass is 10.3. The van der Waals surface area contributed by atoms with E-state index in [0.29, 0.717) is 16.6 Å². The van der Waals surface area contributed by atoms with Crippen molar-refractivity contribution < 1.29 is 14.3 Å². The van der Waals surface area contributed by atoms with Gasteiger partial charge in [-0.05, 0) is 24.3 Å². The highest BCUT2D eigenvalue weighted by atomic mass is 35.5. The third-order valence-electron chi connectivity index (χ3n) is 2.38. The van der Waals surface area contributed by atoms with E-state index in [1.807, 2.05) is 0 Å². The lowest BCUT2D eigenvalue weighted by Crippen LogP contribution is -2.02. The van der Waals surface area contributed by atoms with Crippen molar-refractivity contribution in [3.05, 3.63) is 47.3 Å². The second kappa shape index (κ2) is 6.08. The Morgan fingerprint density at radius 2 is 2.11 bits per heavy atom. The number of aliphatic carboxylic acids is 1. The number of carboxylic acid groups (broad SMARTS) is 1. The number of imidazole rings is 1. The van der Waals surface area contributed by atoms with E-state index < -0.39 is 5.97 Å². The smallest absolute Gasteiger partial charge is 0.313 e. The molecule has 0 bridgehead atoms. The predicted octanol–water partition coefficient (Wildman–Crippen LogP) is 2.98. The molecule has 1 heterocycles. The summed E-state index contributed by atoms with van der Waals surface area (Å²) in [4.78, 5) is 14.5. The first-order chi connectivity index (χ1) is 9.08. The maximum absolute atomic E-state index is 12.9. The van der Waals surface area contributed by atoms with Gasteiger partial charge in [0.1, 0.15) is 12.1 Å². The Morgan fingerprint density at radius 1 is 1.42 bits per heavy atom. The van der Waals surface area contributed by atoms with Crippen LogP contribution in [0.3, 0.4) is 0 Å². The number of hydrogen-bond donors (Lipinski definition) is 1. The summed E-state index contributed by atoms with van der Waals surface area (Å²) in [5, 5.41) is 8.93. The molecule has 1 aromatic heterocycles. The second-order valence-corrected chi connectivity index (χ2v) is 5.06. The number of nitrogens with zero attached hydrogens (tertiary/aromatic N) is 2. The van der Waals surface area contributed by atoms with Crippen LogP contribution >= 0.6 is 23.4 Å². The first-order valence-corrected chi connectivity index (χ1v) is 6.88. The molecule has 0 saturated carbocycles. The molecule has 0 unspecified atom stereocenters. The zero-order valence-electron chi connectivity index (χ0n) is 9.72. The molecule has 0 aliphatic carbocycles. The van der Waals surface area contributed by atoms with Crippen LogP contribution in [-0.4, -0.2) is 26.4 Å². The highest BCUT2D eigenvalue weighted by Gasteiger charge is 2.11. The van der Waals surface area contributed by atoms with Crippen molar-refractivity contribution >= 4 is 29.3 Å². The molecule has 1 N–H and O–H groups in total. The van der Waals surface area contributed by atoms with Crippen molar-refractivity contribution in [3.63, 3.8) is 0 Å². The molecule has 0 aliphatic heterocycles. The number of carboxylic acids is 1. The van der Waals surface area contributed by atoms with Crippen LogP contribution in [0.15, 0.2) is 30.6 Å². The highest BCUT2D eigenvalue weighted by molar-refractivity contribution is 7.99.